The molecular formula is C17H24F2N2. The van der Waals surface area contributed by atoms with Crippen LogP contribution in [-0.4, -0.2) is 18.6 Å². The van der Waals surface area contributed by atoms with Crippen LogP contribution >= 0.6 is 0 Å². The molecule has 1 saturated carbocycles. The number of piperidine rings is 1. The van der Waals surface area contributed by atoms with E-state index in [-0.39, 0.29) is 0 Å². The van der Waals surface area contributed by atoms with Crippen molar-refractivity contribution in [2.45, 2.75) is 57.2 Å². The third-order valence-electron chi connectivity index (χ3n) is 4.99. The Hall–Kier alpha value is -1.00. The van der Waals surface area contributed by atoms with E-state index in [0.717, 1.165) is 12.1 Å². The molecule has 3 atom stereocenters. The van der Waals surface area contributed by atoms with Crippen molar-refractivity contribution in [1.29, 1.82) is 0 Å². The Morgan fingerprint density at radius 2 is 1.95 bits per heavy atom. The standard InChI is InChI=1S/C17H24F2N2/c18-14-8-7-12(10-15(14)19)11-21-17-6-3-4-13(17)16-5-1-2-9-20-16/h7-8,10,13,16-17,20-21H,1-6,9,11H2. The van der Waals surface area contributed by atoms with Crippen molar-refractivity contribution in [1.82, 2.24) is 10.6 Å². The summed E-state index contributed by atoms with van der Waals surface area (Å²) in [5.74, 6) is -0.856. The van der Waals surface area contributed by atoms with Crippen LogP contribution in [0.25, 0.3) is 0 Å². The van der Waals surface area contributed by atoms with Crippen molar-refractivity contribution >= 4 is 0 Å². The molecule has 4 heteroatoms. The monoisotopic (exact) mass is 294 g/mol. The van der Waals surface area contributed by atoms with Crippen LogP contribution in [0.2, 0.25) is 0 Å². The molecule has 2 fully saturated rings. The average Bonchev–Trinajstić information content (AvgIpc) is 2.98. The van der Waals surface area contributed by atoms with Crippen molar-refractivity contribution in [2.75, 3.05) is 6.54 Å². The van der Waals surface area contributed by atoms with Crippen LogP contribution in [0.1, 0.15) is 44.1 Å². The minimum Gasteiger partial charge on any atom is -0.314 e. The molecule has 2 aliphatic rings. The second kappa shape index (κ2) is 6.84. The summed E-state index contributed by atoms with van der Waals surface area (Å²) in [7, 11) is 0. The van der Waals surface area contributed by atoms with Gasteiger partial charge >= 0.3 is 0 Å². The fraction of sp³-hybridized carbons (Fsp3) is 0.647. The van der Waals surface area contributed by atoms with E-state index in [0.29, 0.717) is 24.5 Å². The fourth-order valence-corrected chi connectivity index (χ4v) is 3.87. The van der Waals surface area contributed by atoms with Gasteiger partial charge in [-0.1, -0.05) is 18.9 Å². The van der Waals surface area contributed by atoms with Gasteiger partial charge in [-0.2, -0.15) is 0 Å². The van der Waals surface area contributed by atoms with E-state index in [2.05, 4.69) is 10.6 Å². The minimum absolute atomic E-state index is 0.494. The summed E-state index contributed by atoms with van der Waals surface area (Å²) in [6.07, 6.45) is 7.60. The van der Waals surface area contributed by atoms with E-state index in [1.165, 1.54) is 50.7 Å². The second-order valence-corrected chi connectivity index (χ2v) is 6.39. The van der Waals surface area contributed by atoms with E-state index < -0.39 is 11.6 Å². The van der Waals surface area contributed by atoms with Gasteiger partial charge in [-0.25, -0.2) is 8.78 Å². The molecule has 2 N–H and O–H groups in total. The zero-order chi connectivity index (χ0) is 14.7. The number of hydrogen-bond donors (Lipinski definition) is 2. The van der Waals surface area contributed by atoms with E-state index in [1.807, 2.05) is 0 Å². The quantitative estimate of drug-likeness (QED) is 0.889. The van der Waals surface area contributed by atoms with Gasteiger partial charge in [-0.3, -0.25) is 0 Å². The van der Waals surface area contributed by atoms with Gasteiger partial charge in [0.25, 0.3) is 0 Å². The van der Waals surface area contributed by atoms with Gasteiger partial charge in [0.2, 0.25) is 0 Å². The van der Waals surface area contributed by atoms with Crippen LogP contribution < -0.4 is 10.6 Å². The Kier molecular flexibility index (Phi) is 4.86. The summed E-state index contributed by atoms with van der Waals surface area (Å²) in [5.41, 5.74) is 0.816. The van der Waals surface area contributed by atoms with Crippen LogP contribution in [0.15, 0.2) is 18.2 Å². The maximum atomic E-state index is 13.2. The summed E-state index contributed by atoms with van der Waals surface area (Å²) in [6, 6.07) is 5.29. The molecule has 1 aromatic carbocycles. The molecule has 0 radical (unpaired) electrons. The number of benzene rings is 1. The van der Waals surface area contributed by atoms with E-state index in [9.17, 15) is 8.78 Å². The van der Waals surface area contributed by atoms with Gasteiger partial charge in [0.15, 0.2) is 11.6 Å². The predicted octanol–water partition coefficient (Wildman–Crippen LogP) is 3.37. The Morgan fingerprint density at radius 3 is 2.71 bits per heavy atom. The summed E-state index contributed by atoms with van der Waals surface area (Å²) in [4.78, 5) is 0. The van der Waals surface area contributed by atoms with Crippen molar-refractivity contribution in [3.63, 3.8) is 0 Å². The van der Waals surface area contributed by atoms with Crippen molar-refractivity contribution in [3.8, 4) is 0 Å². The molecule has 3 unspecified atom stereocenters. The van der Waals surface area contributed by atoms with Gasteiger partial charge < -0.3 is 10.6 Å². The Bertz CT molecular complexity index is 472. The first-order valence-electron chi connectivity index (χ1n) is 8.15. The number of rotatable bonds is 4. The lowest BCUT2D eigenvalue weighted by Crippen LogP contribution is -2.46. The molecule has 0 aromatic heterocycles. The highest BCUT2D eigenvalue weighted by molar-refractivity contribution is 5.17. The maximum Gasteiger partial charge on any atom is 0.159 e. The summed E-state index contributed by atoms with van der Waals surface area (Å²) >= 11 is 0. The number of nitrogens with one attached hydrogen (secondary N) is 2. The van der Waals surface area contributed by atoms with Crippen molar-refractivity contribution in [2.24, 2.45) is 5.92 Å². The highest BCUT2D eigenvalue weighted by Gasteiger charge is 2.33. The molecule has 1 aromatic rings. The molecule has 2 nitrogen and oxygen atoms in total. The van der Waals surface area contributed by atoms with Gasteiger partial charge in [-0.05, 0) is 55.8 Å². The lowest BCUT2D eigenvalue weighted by Gasteiger charge is -2.33. The zero-order valence-corrected chi connectivity index (χ0v) is 12.4. The summed E-state index contributed by atoms with van der Waals surface area (Å²) in [6.45, 7) is 1.75. The molecule has 21 heavy (non-hydrogen) atoms. The number of hydrogen-bond acceptors (Lipinski definition) is 2. The third-order valence-corrected chi connectivity index (χ3v) is 4.99. The molecule has 1 aliphatic heterocycles. The van der Waals surface area contributed by atoms with Crippen LogP contribution in [0.5, 0.6) is 0 Å². The topological polar surface area (TPSA) is 24.1 Å². The highest BCUT2D eigenvalue weighted by atomic mass is 19.2. The average molecular weight is 294 g/mol. The van der Waals surface area contributed by atoms with Gasteiger partial charge in [0.05, 0.1) is 0 Å². The Balaban J connectivity index is 1.57. The molecule has 0 bridgehead atoms. The van der Waals surface area contributed by atoms with E-state index in [1.54, 1.807) is 6.07 Å². The van der Waals surface area contributed by atoms with Gasteiger partial charge in [-0.15, -0.1) is 0 Å². The van der Waals surface area contributed by atoms with E-state index >= 15 is 0 Å². The molecular weight excluding hydrogens is 270 g/mol. The van der Waals surface area contributed by atoms with Crippen LogP contribution in [0.3, 0.4) is 0 Å². The molecule has 1 aliphatic carbocycles. The minimum atomic E-state index is -0.774. The first-order chi connectivity index (χ1) is 10.2. The normalized spacial score (nSPS) is 29.7. The van der Waals surface area contributed by atoms with Crippen molar-refractivity contribution in [3.05, 3.63) is 35.4 Å². The predicted molar refractivity (Wildman–Crippen MR) is 80.0 cm³/mol. The summed E-state index contributed by atoms with van der Waals surface area (Å²) in [5, 5.41) is 7.22. The SMILES string of the molecule is Fc1ccc(CNC2CCCC2C2CCCCN2)cc1F. The third kappa shape index (κ3) is 3.61. The first-order valence-corrected chi connectivity index (χ1v) is 8.15. The Labute approximate surface area is 125 Å². The molecule has 1 heterocycles. The molecule has 3 rings (SSSR count). The Morgan fingerprint density at radius 1 is 1.05 bits per heavy atom. The van der Waals surface area contributed by atoms with E-state index in [4.69, 9.17) is 0 Å². The second-order valence-electron chi connectivity index (χ2n) is 6.39. The van der Waals surface area contributed by atoms with Crippen LogP contribution in [0, 0.1) is 17.6 Å². The molecule has 0 amide bonds. The highest BCUT2D eigenvalue weighted by Crippen LogP contribution is 2.32. The zero-order valence-electron chi connectivity index (χ0n) is 12.4. The van der Waals surface area contributed by atoms with Gasteiger partial charge in [0.1, 0.15) is 0 Å². The summed E-state index contributed by atoms with van der Waals surface area (Å²) < 4.78 is 26.2. The maximum absolute atomic E-state index is 13.2. The lowest BCUT2D eigenvalue weighted by atomic mass is 9.88. The first kappa shape index (κ1) is 14.9. The smallest absolute Gasteiger partial charge is 0.159 e. The van der Waals surface area contributed by atoms with Crippen molar-refractivity contribution < 1.29 is 8.78 Å². The molecule has 0 spiro atoms. The fourth-order valence-electron chi connectivity index (χ4n) is 3.87. The van der Waals surface area contributed by atoms with Gasteiger partial charge in [0, 0.05) is 18.6 Å². The largest absolute Gasteiger partial charge is 0.314 e. The molecule has 1 saturated heterocycles. The molecule has 116 valence electrons. The lowest BCUT2D eigenvalue weighted by molar-refractivity contribution is 0.256. The van der Waals surface area contributed by atoms with Crippen LogP contribution in [-0.2, 0) is 6.54 Å². The number of halogens is 2. The van der Waals surface area contributed by atoms with Crippen LogP contribution in [0.4, 0.5) is 8.78 Å².